The quantitative estimate of drug-likeness (QED) is 0.0467. The summed E-state index contributed by atoms with van der Waals surface area (Å²) in [5, 5.41) is 18.0. The Morgan fingerprint density at radius 1 is 0.824 bits per heavy atom. The van der Waals surface area contributed by atoms with Crippen molar-refractivity contribution in [1.82, 2.24) is 0 Å². The topological polar surface area (TPSA) is 85.2 Å². The van der Waals surface area contributed by atoms with Crippen molar-refractivity contribution in [2.45, 2.75) is 89.4 Å². The Morgan fingerprint density at radius 3 is 2.10 bits per heavy atom. The van der Waals surface area contributed by atoms with Crippen molar-refractivity contribution in [2.24, 2.45) is 23.7 Å². The maximum atomic E-state index is 15.5. The van der Waals surface area contributed by atoms with Crippen LogP contribution in [0.2, 0.25) is 0 Å². The fourth-order valence-electron chi connectivity index (χ4n) is 8.08. The first-order valence-corrected chi connectivity index (χ1v) is 18.4. The predicted octanol–water partition coefficient (Wildman–Crippen LogP) is 8.75. The zero-order valence-electron chi connectivity index (χ0n) is 29.5. The number of hydrogen-bond donors (Lipinski definition) is 2. The van der Waals surface area contributed by atoms with Crippen molar-refractivity contribution in [1.29, 1.82) is 0 Å². The van der Waals surface area contributed by atoms with E-state index in [2.05, 4.69) is 6.58 Å². The molecule has 2 aliphatic carbocycles. The van der Waals surface area contributed by atoms with Gasteiger partial charge in [-0.3, -0.25) is 4.39 Å². The Kier molecular flexibility index (Phi) is 16.8. The minimum Gasteiger partial charge on any atom is -0.464 e. The summed E-state index contributed by atoms with van der Waals surface area (Å²) >= 11 is 0. The van der Waals surface area contributed by atoms with Crippen LogP contribution in [0.5, 0.6) is 0 Å². The fourth-order valence-corrected chi connectivity index (χ4v) is 8.08. The number of alkyl halides is 1. The number of aryl methyl sites for hydroxylation is 1. The Morgan fingerprint density at radius 2 is 1.47 bits per heavy atom. The predicted molar refractivity (Wildman–Crippen MR) is 185 cm³/mol. The van der Waals surface area contributed by atoms with Gasteiger partial charge in [-0.25, -0.2) is 22.4 Å². The average Bonchev–Trinajstić information content (AvgIpc) is 3.14. The molecule has 11 heteroatoms. The van der Waals surface area contributed by atoms with Gasteiger partial charge in [0.1, 0.15) is 25.0 Å². The molecule has 0 amide bonds. The summed E-state index contributed by atoms with van der Waals surface area (Å²) < 4.78 is 89.1. The van der Waals surface area contributed by atoms with Crippen molar-refractivity contribution < 1.29 is 51.2 Å². The third kappa shape index (κ3) is 11.8. The van der Waals surface area contributed by atoms with Crippen LogP contribution in [0.3, 0.4) is 0 Å². The van der Waals surface area contributed by atoms with Gasteiger partial charge in [-0.15, -0.1) is 0 Å². The van der Waals surface area contributed by atoms with Crippen LogP contribution >= 0.6 is 0 Å². The molecular weight excluding hydrogens is 671 g/mol. The van der Waals surface area contributed by atoms with Gasteiger partial charge < -0.3 is 24.4 Å². The van der Waals surface area contributed by atoms with Crippen LogP contribution in [0.4, 0.5) is 22.0 Å². The third-order valence-corrected chi connectivity index (χ3v) is 10.9. The Balaban J connectivity index is 1.29. The third-order valence-electron chi connectivity index (χ3n) is 10.9. The van der Waals surface area contributed by atoms with E-state index in [0.29, 0.717) is 55.6 Å². The van der Waals surface area contributed by atoms with E-state index in [4.69, 9.17) is 24.4 Å². The highest BCUT2D eigenvalue weighted by Crippen LogP contribution is 2.47. The second-order valence-electron chi connectivity index (χ2n) is 14.2. The number of ether oxygens (including phenoxy) is 3. The van der Waals surface area contributed by atoms with Gasteiger partial charge in [-0.05, 0) is 142 Å². The number of halogens is 5. The van der Waals surface area contributed by atoms with E-state index in [9.17, 15) is 18.0 Å². The van der Waals surface area contributed by atoms with E-state index in [1.165, 1.54) is 12.1 Å². The van der Waals surface area contributed by atoms with E-state index in [0.717, 1.165) is 57.1 Å². The molecule has 1 unspecified atom stereocenters. The molecule has 1 atom stereocenters. The standard InChI is InChI=1S/C40H53F5O6/c1-26(22-46)24-50-25-49-18-15-30(16-19-51-37(48)23-47)29-7-5-27(6-8-29)28-9-11-31(12-10-28)38-35(42)20-33(21-36(38)43)34-14-13-32(4-2-3-17-41)39(44)40(34)45/h13-14,20-21,27-31,46-47H,1-12,15-19,22-25H2. The number of unbranched alkanes of at least 4 members (excludes halogenated alkanes) is 1. The van der Waals surface area contributed by atoms with Crippen LogP contribution in [0.15, 0.2) is 36.4 Å². The van der Waals surface area contributed by atoms with Crippen LogP contribution in [0, 0.1) is 46.9 Å². The van der Waals surface area contributed by atoms with Crippen molar-refractivity contribution in [3.63, 3.8) is 0 Å². The van der Waals surface area contributed by atoms with Crippen LogP contribution in [-0.4, -0.2) is 62.7 Å². The monoisotopic (exact) mass is 724 g/mol. The van der Waals surface area contributed by atoms with E-state index in [1.54, 1.807) is 0 Å². The molecule has 6 nitrogen and oxygen atoms in total. The van der Waals surface area contributed by atoms with Crippen LogP contribution in [0.25, 0.3) is 11.1 Å². The number of aliphatic hydroxyl groups excluding tert-OH is 2. The van der Waals surface area contributed by atoms with Gasteiger partial charge in [0.25, 0.3) is 0 Å². The molecule has 2 N–H and O–H groups in total. The number of aliphatic hydroxyl groups is 2. The highest BCUT2D eigenvalue weighted by atomic mass is 19.2. The summed E-state index contributed by atoms with van der Waals surface area (Å²) in [7, 11) is 0. The maximum Gasteiger partial charge on any atom is 0.331 e. The number of carbonyl (C=O) groups is 1. The molecular formula is C40H53F5O6. The molecule has 0 saturated heterocycles. The molecule has 2 fully saturated rings. The SMILES string of the molecule is C=C(CO)COCOCCC(CCOC(=O)CO)C1CCC(C2CCC(c3c(F)cc(-c4ccc(CCCCF)c(F)c4F)cc3F)CC2)CC1. The summed E-state index contributed by atoms with van der Waals surface area (Å²) in [5.41, 5.74) is 0.435. The van der Waals surface area contributed by atoms with Crippen molar-refractivity contribution in [2.75, 3.05) is 46.5 Å². The molecule has 2 aliphatic rings. The first-order valence-electron chi connectivity index (χ1n) is 18.4. The molecule has 0 radical (unpaired) electrons. The normalized spacial score (nSPS) is 21.4. The second kappa shape index (κ2) is 21.0. The summed E-state index contributed by atoms with van der Waals surface area (Å²) in [4.78, 5) is 11.5. The number of esters is 1. The van der Waals surface area contributed by atoms with E-state index >= 15 is 8.78 Å². The fraction of sp³-hybridized carbons (Fsp3) is 0.625. The maximum absolute atomic E-state index is 15.5. The molecule has 0 aromatic heterocycles. The lowest BCUT2D eigenvalue weighted by atomic mass is 9.66. The van der Waals surface area contributed by atoms with E-state index < -0.39 is 42.5 Å². The molecule has 0 aliphatic heterocycles. The molecule has 51 heavy (non-hydrogen) atoms. The number of benzene rings is 2. The summed E-state index contributed by atoms with van der Waals surface area (Å²) in [6.45, 7) is 3.38. The highest BCUT2D eigenvalue weighted by molar-refractivity contribution is 5.70. The molecule has 2 saturated carbocycles. The number of carbonyl (C=O) groups excluding carboxylic acids is 1. The van der Waals surface area contributed by atoms with Gasteiger partial charge in [0, 0.05) is 17.7 Å². The van der Waals surface area contributed by atoms with Crippen molar-refractivity contribution in [3.05, 3.63) is 70.8 Å². The molecule has 2 aromatic rings. The lowest BCUT2D eigenvalue weighted by Gasteiger charge is -2.40. The van der Waals surface area contributed by atoms with E-state index in [1.807, 2.05) is 0 Å². The summed E-state index contributed by atoms with van der Waals surface area (Å²) in [6, 6.07) is 4.92. The molecule has 0 bridgehead atoms. The minimum atomic E-state index is -1.16. The molecule has 2 aromatic carbocycles. The zero-order chi connectivity index (χ0) is 36.8. The first-order chi connectivity index (χ1) is 24.7. The summed E-state index contributed by atoms with van der Waals surface area (Å²) in [5.74, 6) is -2.97. The van der Waals surface area contributed by atoms with Crippen LogP contribution < -0.4 is 0 Å². The molecule has 4 rings (SSSR count). The Labute approximate surface area is 298 Å². The lowest BCUT2D eigenvalue weighted by molar-refractivity contribution is -0.147. The van der Waals surface area contributed by atoms with Crippen molar-refractivity contribution in [3.8, 4) is 11.1 Å². The second-order valence-corrected chi connectivity index (χ2v) is 14.2. The van der Waals surface area contributed by atoms with Gasteiger partial charge in [-0.2, -0.15) is 0 Å². The van der Waals surface area contributed by atoms with Gasteiger partial charge in [0.2, 0.25) is 0 Å². The van der Waals surface area contributed by atoms with Gasteiger partial charge in [0.05, 0.1) is 26.5 Å². The molecule has 0 spiro atoms. The number of hydrogen-bond acceptors (Lipinski definition) is 6. The largest absolute Gasteiger partial charge is 0.464 e. The van der Waals surface area contributed by atoms with Crippen LogP contribution in [0.1, 0.15) is 94.1 Å². The van der Waals surface area contributed by atoms with Gasteiger partial charge in [0.15, 0.2) is 11.6 Å². The minimum absolute atomic E-state index is 0.0142. The van der Waals surface area contributed by atoms with Crippen LogP contribution in [-0.2, 0) is 25.4 Å². The molecule has 284 valence electrons. The van der Waals surface area contributed by atoms with Crippen molar-refractivity contribution >= 4 is 5.97 Å². The van der Waals surface area contributed by atoms with Gasteiger partial charge >= 0.3 is 5.97 Å². The summed E-state index contributed by atoms with van der Waals surface area (Å²) in [6.07, 6.45) is 9.42. The highest BCUT2D eigenvalue weighted by Gasteiger charge is 2.35. The van der Waals surface area contributed by atoms with E-state index in [-0.39, 0.29) is 73.5 Å². The number of rotatable bonds is 20. The Bertz CT molecular complexity index is 1380. The lowest BCUT2D eigenvalue weighted by Crippen LogP contribution is -2.29. The zero-order valence-corrected chi connectivity index (χ0v) is 29.5. The smallest absolute Gasteiger partial charge is 0.331 e. The first kappa shape index (κ1) is 40.9. The van der Waals surface area contributed by atoms with Gasteiger partial charge in [-0.1, -0.05) is 18.7 Å². The Hall–Kier alpha value is -2.86. The molecule has 0 heterocycles. The average molecular weight is 725 g/mol.